The molecule has 2 aromatic rings. The number of nitrogen functional groups attached to an aromatic ring is 1. The molecule has 2 N–H and O–H groups in total. The van der Waals surface area contributed by atoms with Gasteiger partial charge >= 0.3 is 0 Å². The van der Waals surface area contributed by atoms with Crippen LogP contribution < -0.4 is 5.73 Å². The zero-order valence-corrected chi connectivity index (χ0v) is 12.8. The number of aromatic nitrogens is 1. The summed E-state index contributed by atoms with van der Waals surface area (Å²) in [5.74, 6) is -0.173. The van der Waals surface area contributed by atoms with Gasteiger partial charge in [-0.15, -0.1) is 11.3 Å². The van der Waals surface area contributed by atoms with Crippen LogP contribution in [0.3, 0.4) is 0 Å². The van der Waals surface area contributed by atoms with Crippen LogP contribution in [0.2, 0.25) is 10.0 Å². The summed E-state index contributed by atoms with van der Waals surface area (Å²) >= 11 is 13.5. The van der Waals surface area contributed by atoms with Crippen molar-refractivity contribution in [2.24, 2.45) is 0 Å². The van der Waals surface area contributed by atoms with Gasteiger partial charge in [-0.25, -0.2) is 9.37 Å². The summed E-state index contributed by atoms with van der Waals surface area (Å²) in [4.78, 5) is 5.34. The molecule has 2 nitrogen and oxygen atoms in total. The Morgan fingerprint density at radius 1 is 1.32 bits per heavy atom. The lowest BCUT2D eigenvalue weighted by Crippen LogP contribution is -1.97. The van der Waals surface area contributed by atoms with Crippen LogP contribution in [0.1, 0.15) is 35.9 Å². The lowest BCUT2D eigenvalue weighted by atomic mass is 10.0. The standard InChI is InChI=1S/C13H13Cl2FN2S/c1-6(2)12-11(19-13(17)18-12)5-8-9(14)3-7(16)4-10(8)15/h3-4,6H,5H2,1-2H3,(H2,17,18). The van der Waals surface area contributed by atoms with Crippen molar-refractivity contribution in [2.45, 2.75) is 26.2 Å². The molecule has 0 aliphatic heterocycles. The van der Waals surface area contributed by atoms with E-state index in [1.165, 1.54) is 23.5 Å². The molecular formula is C13H13Cl2FN2S. The van der Waals surface area contributed by atoms with Crippen LogP contribution in [-0.4, -0.2) is 4.98 Å². The third-order valence-corrected chi connectivity index (χ3v) is 4.31. The van der Waals surface area contributed by atoms with Crippen LogP contribution in [-0.2, 0) is 6.42 Å². The molecule has 0 saturated carbocycles. The van der Waals surface area contributed by atoms with E-state index in [2.05, 4.69) is 4.98 Å². The number of nitrogens with two attached hydrogens (primary N) is 1. The fraction of sp³-hybridized carbons (Fsp3) is 0.308. The molecule has 0 bridgehead atoms. The summed E-state index contributed by atoms with van der Waals surface area (Å²) in [7, 11) is 0. The Morgan fingerprint density at radius 2 is 1.89 bits per heavy atom. The van der Waals surface area contributed by atoms with Gasteiger partial charge in [0, 0.05) is 21.3 Å². The minimum Gasteiger partial charge on any atom is -0.375 e. The lowest BCUT2D eigenvalue weighted by molar-refractivity contribution is 0.627. The highest BCUT2D eigenvalue weighted by atomic mass is 35.5. The quantitative estimate of drug-likeness (QED) is 0.875. The predicted molar refractivity (Wildman–Crippen MR) is 79.8 cm³/mol. The number of nitrogens with zero attached hydrogens (tertiary/aromatic N) is 1. The molecule has 0 unspecified atom stereocenters. The molecule has 0 spiro atoms. The van der Waals surface area contributed by atoms with Crippen molar-refractivity contribution in [3.8, 4) is 0 Å². The zero-order chi connectivity index (χ0) is 14.2. The van der Waals surface area contributed by atoms with E-state index in [1.54, 1.807) is 0 Å². The number of hydrogen-bond donors (Lipinski definition) is 1. The number of hydrogen-bond acceptors (Lipinski definition) is 3. The molecule has 0 fully saturated rings. The second-order valence-electron chi connectivity index (χ2n) is 4.54. The van der Waals surface area contributed by atoms with E-state index in [4.69, 9.17) is 28.9 Å². The maximum atomic E-state index is 13.2. The van der Waals surface area contributed by atoms with Crippen molar-refractivity contribution in [2.75, 3.05) is 5.73 Å². The molecule has 0 saturated heterocycles. The van der Waals surface area contributed by atoms with Crippen LogP contribution in [0, 0.1) is 5.82 Å². The first-order valence-electron chi connectivity index (χ1n) is 5.77. The Bertz CT molecular complexity index is 588. The second kappa shape index (κ2) is 5.65. The van der Waals surface area contributed by atoms with E-state index in [-0.39, 0.29) is 5.92 Å². The van der Waals surface area contributed by atoms with E-state index in [0.717, 1.165) is 10.6 Å². The third-order valence-electron chi connectivity index (χ3n) is 2.73. The minimum absolute atomic E-state index is 0.265. The van der Waals surface area contributed by atoms with E-state index in [0.29, 0.717) is 27.2 Å². The Balaban J connectivity index is 2.42. The van der Waals surface area contributed by atoms with Gasteiger partial charge in [0.15, 0.2) is 5.13 Å². The zero-order valence-electron chi connectivity index (χ0n) is 10.5. The second-order valence-corrected chi connectivity index (χ2v) is 6.47. The first-order chi connectivity index (χ1) is 8.88. The summed E-state index contributed by atoms with van der Waals surface area (Å²) in [5, 5.41) is 1.17. The molecule has 1 aromatic heterocycles. The van der Waals surface area contributed by atoms with Gasteiger partial charge in [-0.3, -0.25) is 0 Å². The highest BCUT2D eigenvalue weighted by Crippen LogP contribution is 2.33. The van der Waals surface area contributed by atoms with E-state index in [1.807, 2.05) is 13.8 Å². The average Bonchev–Trinajstić information content (AvgIpc) is 2.65. The largest absolute Gasteiger partial charge is 0.375 e. The molecule has 6 heteroatoms. The van der Waals surface area contributed by atoms with E-state index >= 15 is 0 Å². The van der Waals surface area contributed by atoms with Crippen LogP contribution in [0.4, 0.5) is 9.52 Å². The van der Waals surface area contributed by atoms with Gasteiger partial charge in [0.2, 0.25) is 0 Å². The Hall–Kier alpha value is -0.840. The molecular weight excluding hydrogens is 306 g/mol. The van der Waals surface area contributed by atoms with Gasteiger partial charge in [-0.1, -0.05) is 37.0 Å². The van der Waals surface area contributed by atoms with Gasteiger partial charge in [0.1, 0.15) is 5.82 Å². The number of benzene rings is 1. The smallest absolute Gasteiger partial charge is 0.180 e. The molecule has 0 aliphatic carbocycles. The highest BCUT2D eigenvalue weighted by Gasteiger charge is 2.17. The molecule has 2 rings (SSSR count). The fourth-order valence-corrected chi connectivity index (χ4v) is 3.45. The molecule has 0 aliphatic rings. The van der Waals surface area contributed by atoms with Crippen molar-refractivity contribution in [3.63, 3.8) is 0 Å². The van der Waals surface area contributed by atoms with E-state index < -0.39 is 5.82 Å². The topological polar surface area (TPSA) is 38.9 Å². The van der Waals surface area contributed by atoms with Crippen molar-refractivity contribution in [3.05, 3.63) is 44.1 Å². The molecule has 19 heavy (non-hydrogen) atoms. The van der Waals surface area contributed by atoms with Crippen LogP contribution >= 0.6 is 34.5 Å². The summed E-state index contributed by atoms with van der Waals surface area (Å²) in [6.07, 6.45) is 0.514. The van der Waals surface area contributed by atoms with Gasteiger partial charge in [0.25, 0.3) is 0 Å². The van der Waals surface area contributed by atoms with Gasteiger partial charge < -0.3 is 5.73 Å². The van der Waals surface area contributed by atoms with Crippen molar-refractivity contribution in [1.29, 1.82) is 0 Å². The monoisotopic (exact) mass is 318 g/mol. The van der Waals surface area contributed by atoms with Gasteiger partial charge in [0.05, 0.1) is 5.69 Å². The molecule has 0 atom stereocenters. The van der Waals surface area contributed by atoms with E-state index in [9.17, 15) is 4.39 Å². The maximum Gasteiger partial charge on any atom is 0.180 e. The van der Waals surface area contributed by atoms with Crippen molar-refractivity contribution < 1.29 is 4.39 Å². The number of rotatable bonds is 3. The molecule has 1 heterocycles. The fourth-order valence-electron chi connectivity index (χ4n) is 1.86. The first-order valence-corrected chi connectivity index (χ1v) is 7.34. The summed E-state index contributed by atoms with van der Waals surface area (Å²) < 4.78 is 13.2. The van der Waals surface area contributed by atoms with Gasteiger partial charge in [-0.05, 0) is 23.6 Å². The Labute approximate surface area is 125 Å². The highest BCUT2D eigenvalue weighted by molar-refractivity contribution is 7.15. The average molecular weight is 319 g/mol. The molecule has 0 radical (unpaired) electrons. The molecule has 1 aromatic carbocycles. The van der Waals surface area contributed by atoms with Crippen molar-refractivity contribution >= 4 is 39.7 Å². The van der Waals surface area contributed by atoms with Crippen LogP contribution in [0.25, 0.3) is 0 Å². The number of anilines is 1. The summed E-state index contributed by atoms with van der Waals surface area (Å²) in [5.41, 5.74) is 7.40. The first kappa shape index (κ1) is 14.6. The van der Waals surface area contributed by atoms with Crippen LogP contribution in [0.5, 0.6) is 0 Å². The SMILES string of the molecule is CC(C)c1nc(N)sc1Cc1c(Cl)cc(F)cc1Cl. The summed E-state index contributed by atoms with van der Waals surface area (Å²) in [6.45, 7) is 4.09. The summed E-state index contributed by atoms with van der Waals surface area (Å²) in [6, 6.07) is 2.53. The number of thiazole rings is 1. The third kappa shape index (κ3) is 3.19. The van der Waals surface area contributed by atoms with Gasteiger partial charge in [-0.2, -0.15) is 0 Å². The normalized spacial score (nSPS) is 11.3. The molecule has 0 amide bonds. The molecule has 102 valence electrons. The van der Waals surface area contributed by atoms with Crippen molar-refractivity contribution in [1.82, 2.24) is 4.98 Å². The Morgan fingerprint density at radius 3 is 2.42 bits per heavy atom. The predicted octanol–water partition coefficient (Wildman–Crippen LogP) is 4.89. The lowest BCUT2D eigenvalue weighted by Gasteiger charge is -2.09. The van der Waals surface area contributed by atoms with Crippen LogP contribution in [0.15, 0.2) is 12.1 Å². The minimum atomic E-state index is -0.438. The maximum absolute atomic E-state index is 13.2. The Kier molecular flexibility index (Phi) is 4.33. The number of halogens is 3.